The van der Waals surface area contributed by atoms with Crippen molar-refractivity contribution >= 4 is 23.6 Å². The second-order valence-electron chi connectivity index (χ2n) is 9.71. The van der Waals surface area contributed by atoms with Crippen molar-refractivity contribution in [2.24, 2.45) is 0 Å². The Kier molecular flexibility index (Phi) is 10.1. The van der Waals surface area contributed by atoms with Crippen LogP contribution in [0.5, 0.6) is 17.2 Å². The molecule has 0 aliphatic carbocycles. The molecule has 1 saturated heterocycles. The number of methoxy groups -OCH3 is 1. The van der Waals surface area contributed by atoms with Crippen molar-refractivity contribution in [3.8, 4) is 17.2 Å². The summed E-state index contributed by atoms with van der Waals surface area (Å²) >= 11 is 0. The van der Waals surface area contributed by atoms with Gasteiger partial charge in [0.1, 0.15) is 12.4 Å². The first-order valence-corrected chi connectivity index (χ1v) is 13.3. The zero-order valence-corrected chi connectivity index (χ0v) is 22.9. The van der Waals surface area contributed by atoms with Crippen LogP contribution in [0, 0.1) is 0 Å². The molecule has 8 nitrogen and oxygen atoms in total. The molecular weight excluding hydrogens is 553 g/mol. The van der Waals surface area contributed by atoms with Crippen LogP contribution in [0.4, 0.5) is 18.9 Å². The monoisotopic (exact) mass is 584 g/mol. The maximum absolute atomic E-state index is 13.1. The van der Waals surface area contributed by atoms with Crippen molar-refractivity contribution in [1.29, 1.82) is 0 Å². The van der Waals surface area contributed by atoms with E-state index in [-0.39, 0.29) is 29.4 Å². The number of carbonyl (C=O) groups is 2. The number of ether oxygens (including phenoxy) is 3. The number of carbonyl (C=O) groups excluding carboxylic acids is 2. The summed E-state index contributed by atoms with van der Waals surface area (Å²) in [6.07, 6.45) is -0.734. The zero-order valence-electron chi connectivity index (χ0n) is 22.9. The Morgan fingerprint density at radius 3 is 2.38 bits per heavy atom. The Morgan fingerprint density at radius 1 is 1.00 bits per heavy atom. The number of phenols is 1. The number of nitrogens with one attached hydrogen (secondary N) is 1. The zero-order chi connectivity index (χ0) is 30.1. The molecule has 1 heterocycles. The maximum atomic E-state index is 13.1. The van der Waals surface area contributed by atoms with Crippen molar-refractivity contribution in [3.05, 3.63) is 89.2 Å². The second-order valence-corrected chi connectivity index (χ2v) is 9.71. The van der Waals surface area contributed by atoms with Gasteiger partial charge >= 0.3 is 12.1 Å². The molecule has 0 bridgehead atoms. The van der Waals surface area contributed by atoms with E-state index in [1.165, 1.54) is 44.1 Å². The van der Waals surface area contributed by atoms with Gasteiger partial charge in [-0.3, -0.25) is 9.69 Å². The van der Waals surface area contributed by atoms with Crippen molar-refractivity contribution in [2.45, 2.75) is 38.6 Å². The van der Waals surface area contributed by atoms with Gasteiger partial charge in [0.05, 0.1) is 7.11 Å². The first-order valence-electron chi connectivity index (χ1n) is 13.3. The number of alkyl halides is 3. The summed E-state index contributed by atoms with van der Waals surface area (Å²) in [4.78, 5) is 27.1. The third-order valence-electron chi connectivity index (χ3n) is 6.60. The predicted molar refractivity (Wildman–Crippen MR) is 150 cm³/mol. The number of benzene rings is 3. The van der Waals surface area contributed by atoms with Crippen LogP contribution in [0.1, 0.15) is 36.0 Å². The second kappa shape index (κ2) is 13.9. The van der Waals surface area contributed by atoms with Gasteiger partial charge in [-0.1, -0.05) is 42.8 Å². The van der Waals surface area contributed by atoms with Crippen molar-refractivity contribution in [1.82, 2.24) is 4.90 Å². The third kappa shape index (κ3) is 8.50. The third-order valence-corrected chi connectivity index (χ3v) is 6.60. The molecule has 0 aromatic heterocycles. The Morgan fingerprint density at radius 2 is 1.71 bits per heavy atom. The fourth-order valence-corrected chi connectivity index (χ4v) is 4.43. The topological polar surface area (TPSA) is 97.3 Å². The highest BCUT2D eigenvalue weighted by molar-refractivity contribution is 6.07. The highest BCUT2D eigenvalue weighted by atomic mass is 19.4. The van der Waals surface area contributed by atoms with E-state index >= 15 is 0 Å². The van der Waals surface area contributed by atoms with Gasteiger partial charge in [0, 0.05) is 17.8 Å². The number of nitrogens with zero attached hydrogens (tertiary/aromatic N) is 1. The summed E-state index contributed by atoms with van der Waals surface area (Å²) in [5, 5.41) is 12.5. The Balaban J connectivity index is 1.47. The SMILES string of the molecule is COc1ccc(/C=C(/OC(=O)C(F)(F)F)C(=O)Nc2ccccc2COc2ccc(CN3CCCCC3)cc2)cc1O. The van der Waals surface area contributed by atoms with E-state index in [1.54, 1.807) is 24.3 Å². The van der Waals surface area contributed by atoms with E-state index in [0.29, 0.717) is 11.3 Å². The minimum Gasteiger partial charge on any atom is -0.504 e. The molecule has 1 fully saturated rings. The van der Waals surface area contributed by atoms with Crippen LogP contribution in [-0.2, 0) is 27.5 Å². The molecule has 11 heteroatoms. The number of piperidine rings is 1. The van der Waals surface area contributed by atoms with E-state index in [0.717, 1.165) is 31.8 Å². The fraction of sp³-hybridized carbons (Fsp3) is 0.290. The molecule has 42 heavy (non-hydrogen) atoms. The van der Waals surface area contributed by atoms with Crippen LogP contribution >= 0.6 is 0 Å². The summed E-state index contributed by atoms with van der Waals surface area (Å²) in [6, 6.07) is 18.2. The largest absolute Gasteiger partial charge is 0.504 e. The average Bonchev–Trinajstić information content (AvgIpc) is 2.97. The quantitative estimate of drug-likeness (QED) is 0.170. The first kappa shape index (κ1) is 30.4. The molecule has 3 aromatic carbocycles. The minimum atomic E-state index is -5.34. The van der Waals surface area contributed by atoms with Gasteiger partial charge in [-0.15, -0.1) is 0 Å². The standard InChI is InChI=1S/C31H31F3N2O6/c1-40-27-14-11-22(17-26(27)37)18-28(42-30(39)31(32,33)34)29(38)35-25-8-4-3-7-23(25)20-41-24-12-9-21(10-13-24)19-36-15-5-2-6-16-36/h3-4,7-14,17-18,37H,2,5-6,15-16,19-20H2,1H3,(H,35,38)/b28-18+. The number of esters is 1. The molecule has 3 aromatic rings. The fourth-order valence-electron chi connectivity index (χ4n) is 4.43. The number of halogens is 3. The van der Waals surface area contributed by atoms with E-state index in [4.69, 9.17) is 9.47 Å². The van der Waals surface area contributed by atoms with E-state index in [2.05, 4.69) is 15.0 Å². The van der Waals surface area contributed by atoms with Crippen molar-refractivity contribution in [2.75, 3.05) is 25.5 Å². The number of likely N-dealkylation sites (tertiary alicyclic amines) is 1. The minimum absolute atomic E-state index is 0.0513. The summed E-state index contributed by atoms with van der Waals surface area (Å²) in [5.41, 5.74) is 2.05. The van der Waals surface area contributed by atoms with Gasteiger partial charge in [0.15, 0.2) is 17.3 Å². The van der Waals surface area contributed by atoms with Gasteiger partial charge in [-0.05, 0) is 73.5 Å². The van der Waals surface area contributed by atoms with Gasteiger partial charge in [0.25, 0.3) is 5.91 Å². The first-order chi connectivity index (χ1) is 20.1. The molecule has 0 spiro atoms. The lowest BCUT2D eigenvalue weighted by Crippen LogP contribution is -2.29. The van der Waals surface area contributed by atoms with Crippen LogP contribution in [0.25, 0.3) is 6.08 Å². The van der Waals surface area contributed by atoms with Gasteiger partial charge in [-0.25, -0.2) is 4.79 Å². The molecule has 222 valence electrons. The van der Waals surface area contributed by atoms with Gasteiger partial charge < -0.3 is 24.6 Å². The van der Waals surface area contributed by atoms with Crippen LogP contribution in [0.3, 0.4) is 0 Å². The van der Waals surface area contributed by atoms with E-state index < -0.39 is 23.8 Å². The Hall–Kier alpha value is -4.51. The molecule has 0 atom stereocenters. The van der Waals surface area contributed by atoms with Crippen LogP contribution in [-0.4, -0.2) is 48.3 Å². The van der Waals surface area contributed by atoms with E-state index in [9.17, 15) is 27.9 Å². The summed E-state index contributed by atoms with van der Waals surface area (Å²) < 4.78 is 54.2. The summed E-state index contributed by atoms with van der Waals surface area (Å²) in [6.45, 7) is 3.11. The number of hydrogen-bond donors (Lipinski definition) is 2. The molecule has 2 N–H and O–H groups in total. The maximum Gasteiger partial charge on any atom is 0.491 e. The van der Waals surface area contributed by atoms with Crippen molar-refractivity contribution in [3.63, 3.8) is 0 Å². The highest BCUT2D eigenvalue weighted by Gasteiger charge is 2.42. The highest BCUT2D eigenvalue weighted by Crippen LogP contribution is 2.28. The summed E-state index contributed by atoms with van der Waals surface area (Å²) in [7, 11) is 1.32. The smallest absolute Gasteiger partial charge is 0.491 e. The number of rotatable bonds is 10. The normalized spacial score (nSPS) is 14.2. The van der Waals surface area contributed by atoms with Crippen LogP contribution in [0.2, 0.25) is 0 Å². The number of phenolic OH excluding ortho intramolecular Hbond substituents is 1. The van der Waals surface area contributed by atoms with E-state index in [1.807, 2.05) is 24.3 Å². The number of hydrogen-bond acceptors (Lipinski definition) is 7. The number of aromatic hydroxyl groups is 1. The number of para-hydroxylation sites is 1. The molecule has 1 aliphatic rings. The Bertz CT molecular complexity index is 1420. The van der Waals surface area contributed by atoms with Crippen LogP contribution in [0.15, 0.2) is 72.5 Å². The molecule has 1 aliphatic heterocycles. The van der Waals surface area contributed by atoms with Crippen molar-refractivity contribution < 1.29 is 42.1 Å². The lowest BCUT2D eigenvalue weighted by molar-refractivity contribution is -0.195. The number of anilines is 1. The lowest BCUT2D eigenvalue weighted by Gasteiger charge is -2.26. The molecule has 0 saturated carbocycles. The van der Waals surface area contributed by atoms with Gasteiger partial charge in [0.2, 0.25) is 0 Å². The average molecular weight is 585 g/mol. The molecule has 0 unspecified atom stereocenters. The molecular formula is C31H31F3N2O6. The van der Waals surface area contributed by atoms with Gasteiger partial charge in [-0.2, -0.15) is 13.2 Å². The molecule has 1 amide bonds. The molecule has 0 radical (unpaired) electrons. The summed E-state index contributed by atoms with van der Waals surface area (Å²) in [5.74, 6) is -4.22. The lowest BCUT2D eigenvalue weighted by atomic mass is 10.1. The Labute approximate surface area is 241 Å². The number of amides is 1. The van der Waals surface area contributed by atoms with Crippen LogP contribution < -0.4 is 14.8 Å². The predicted octanol–water partition coefficient (Wildman–Crippen LogP) is 6.05. The molecule has 4 rings (SSSR count).